The van der Waals surface area contributed by atoms with Crippen molar-refractivity contribution in [2.45, 2.75) is 19.5 Å². The first kappa shape index (κ1) is 16.0. The molecule has 1 amide bonds. The SMILES string of the molecule is C[C@H](NC(=O)Cn1cnc2c(cnn2C)c1=O)c1nc2ccccc2[nH]1. The number of amides is 1. The number of imidazole rings is 1. The molecule has 9 nitrogen and oxygen atoms in total. The molecule has 3 heterocycles. The van der Waals surface area contributed by atoms with Gasteiger partial charge in [-0.15, -0.1) is 0 Å². The fourth-order valence-electron chi connectivity index (χ4n) is 2.87. The lowest BCUT2D eigenvalue weighted by Crippen LogP contribution is -2.34. The summed E-state index contributed by atoms with van der Waals surface area (Å²) in [6.07, 6.45) is 2.81. The fraction of sp³-hybridized carbons (Fsp3) is 0.235. The molecule has 26 heavy (non-hydrogen) atoms. The highest BCUT2D eigenvalue weighted by Crippen LogP contribution is 2.15. The van der Waals surface area contributed by atoms with E-state index in [0.717, 1.165) is 11.0 Å². The van der Waals surface area contributed by atoms with Crippen molar-refractivity contribution < 1.29 is 4.79 Å². The van der Waals surface area contributed by atoms with Gasteiger partial charge in [-0.1, -0.05) is 12.1 Å². The number of aryl methyl sites for hydroxylation is 1. The first-order chi connectivity index (χ1) is 12.5. The molecule has 0 aliphatic carbocycles. The number of nitrogens with zero attached hydrogens (tertiary/aromatic N) is 5. The van der Waals surface area contributed by atoms with E-state index in [1.165, 1.54) is 21.8 Å². The monoisotopic (exact) mass is 351 g/mol. The molecule has 0 bridgehead atoms. The summed E-state index contributed by atoms with van der Waals surface area (Å²) in [6.45, 7) is 1.71. The van der Waals surface area contributed by atoms with Crippen molar-refractivity contribution in [2.24, 2.45) is 7.05 Å². The molecule has 1 atom stereocenters. The zero-order valence-corrected chi connectivity index (χ0v) is 14.3. The van der Waals surface area contributed by atoms with Gasteiger partial charge >= 0.3 is 0 Å². The number of hydrogen-bond donors (Lipinski definition) is 2. The molecule has 4 aromatic rings. The molecular formula is C17H17N7O2. The van der Waals surface area contributed by atoms with Gasteiger partial charge in [0.1, 0.15) is 24.1 Å². The highest BCUT2D eigenvalue weighted by Gasteiger charge is 2.15. The average molecular weight is 351 g/mol. The van der Waals surface area contributed by atoms with E-state index >= 15 is 0 Å². The number of fused-ring (bicyclic) bond motifs is 2. The summed E-state index contributed by atoms with van der Waals surface area (Å²) in [6, 6.07) is 7.33. The van der Waals surface area contributed by atoms with Crippen molar-refractivity contribution in [1.82, 2.24) is 34.6 Å². The second kappa shape index (κ2) is 6.10. The van der Waals surface area contributed by atoms with Crippen molar-refractivity contribution in [1.29, 1.82) is 0 Å². The molecule has 1 aromatic carbocycles. The van der Waals surface area contributed by atoms with E-state index in [9.17, 15) is 9.59 Å². The lowest BCUT2D eigenvalue weighted by Gasteiger charge is -2.12. The molecule has 0 unspecified atom stereocenters. The molecule has 0 spiro atoms. The molecule has 0 aliphatic heterocycles. The van der Waals surface area contributed by atoms with Crippen LogP contribution in [0.4, 0.5) is 0 Å². The minimum absolute atomic E-state index is 0.124. The van der Waals surface area contributed by atoms with Crippen LogP contribution in [0.5, 0.6) is 0 Å². The first-order valence-electron chi connectivity index (χ1n) is 8.14. The van der Waals surface area contributed by atoms with Gasteiger partial charge in [-0.2, -0.15) is 5.10 Å². The summed E-state index contributed by atoms with van der Waals surface area (Å²) in [4.78, 5) is 36.6. The summed E-state index contributed by atoms with van der Waals surface area (Å²) >= 11 is 0. The predicted molar refractivity (Wildman–Crippen MR) is 95.4 cm³/mol. The smallest absolute Gasteiger partial charge is 0.264 e. The average Bonchev–Trinajstić information content (AvgIpc) is 3.21. The number of carbonyl (C=O) groups excluding carboxylic acids is 1. The van der Waals surface area contributed by atoms with Crippen molar-refractivity contribution in [3.05, 3.63) is 53.0 Å². The summed E-state index contributed by atoms with van der Waals surface area (Å²) in [5, 5.41) is 7.24. The molecule has 4 rings (SSSR count). The lowest BCUT2D eigenvalue weighted by molar-refractivity contribution is -0.122. The van der Waals surface area contributed by atoms with Crippen LogP contribution in [0.2, 0.25) is 0 Å². The van der Waals surface area contributed by atoms with Gasteiger partial charge in [0.25, 0.3) is 5.56 Å². The fourth-order valence-corrected chi connectivity index (χ4v) is 2.87. The van der Waals surface area contributed by atoms with E-state index in [0.29, 0.717) is 16.9 Å². The number of hydrogen-bond acceptors (Lipinski definition) is 5. The number of aromatic amines is 1. The van der Waals surface area contributed by atoms with Crippen LogP contribution in [0.3, 0.4) is 0 Å². The maximum Gasteiger partial charge on any atom is 0.264 e. The quantitative estimate of drug-likeness (QED) is 0.567. The third-order valence-corrected chi connectivity index (χ3v) is 4.23. The Morgan fingerprint density at radius 1 is 1.35 bits per heavy atom. The molecule has 0 radical (unpaired) electrons. The second-order valence-corrected chi connectivity index (χ2v) is 6.11. The first-order valence-corrected chi connectivity index (χ1v) is 8.14. The molecule has 0 saturated heterocycles. The van der Waals surface area contributed by atoms with Gasteiger partial charge in [0.05, 0.1) is 23.3 Å². The Morgan fingerprint density at radius 3 is 2.96 bits per heavy atom. The number of aromatic nitrogens is 6. The number of rotatable bonds is 4. The molecule has 9 heteroatoms. The number of benzene rings is 1. The van der Waals surface area contributed by atoms with Gasteiger partial charge in [-0.05, 0) is 19.1 Å². The van der Waals surface area contributed by atoms with Crippen LogP contribution in [0.1, 0.15) is 18.8 Å². The Kier molecular flexibility index (Phi) is 3.76. The Balaban J connectivity index is 1.51. The van der Waals surface area contributed by atoms with Crippen molar-refractivity contribution >= 4 is 28.0 Å². The Hall–Kier alpha value is -3.49. The van der Waals surface area contributed by atoms with Gasteiger partial charge in [0.15, 0.2) is 5.65 Å². The third kappa shape index (κ3) is 2.73. The van der Waals surface area contributed by atoms with E-state index in [2.05, 4.69) is 25.4 Å². The number of para-hydroxylation sites is 2. The van der Waals surface area contributed by atoms with Gasteiger partial charge in [-0.25, -0.2) is 9.97 Å². The van der Waals surface area contributed by atoms with Crippen molar-refractivity contribution in [3.8, 4) is 0 Å². The van der Waals surface area contributed by atoms with Crippen LogP contribution in [0.25, 0.3) is 22.1 Å². The summed E-state index contributed by atoms with van der Waals surface area (Å²) < 4.78 is 2.79. The Bertz CT molecular complexity index is 1140. The topological polar surface area (TPSA) is 110 Å². The highest BCUT2D eigenvalue weighted by molar-refractivity contribution is 5.78. The standard InChI is InChI=1S/C17H17N7O2/c1-10(15-21-12-5-3-4-6-13(12)22-15)20-14(25)8-24-9-18-16-11(17(24)26)7-19-23(16)2/h3-7,9-10H,8H2,1-2H3,(H,20,25)(H,21,22)/t10-/m0/s1. The molecular weight excluding hydrogens is 334 g/mol. The normalized spacial score (nSPS) is 12.5. The zero-order valence-electron chi connectivity index (χ0n) is 14.3. The van der Waals surface area contributed by atoms with E-state index < -0.39 is 0 Å². The second-order valence-electron chi connectivity index (χ2n) is 6.11. The predicted octanol–water partition coefficient (Wildman–Crippen LogP) is 0.884. The van der Waals surface area contributed by atoms with Crippen LogP contribution in [0.15, 0.2) is 41.6 Å². The van der Waals surface area contributed by atoms with E-state index in [4.69, 9.17) is 0 Å². The number of nitrogens with one attached hydrogen (secondary N) is 2. The minimum atomic E-state index is -0.319. The largest absolute Gasteiger partial charge is 0.345 e. The molecule has 3 aromatic heterocycles. The van der Waals surface area contributed by atoms with Crippen LogP contribution in [0, 0.1) is 0 Å². The summed E-state index contributed by atoms with van der Waals surface area (Å²) in [5.74, 6) is 0.359. The third-order valence-electron chi connectivity index (χ3n) is 4.23. The summed E-state index contributed by atoms with van der Waals surface area (Å²) in [7, 11) is 1.71. The molecule has 0 aliphatic rings. The number of H-pyrrole nitrogens is 1. The van der Waals surface area contributed by atoms with Crippen LogP contribution < -0.4 is 10.9 Å². The minimum Gasteiger partial charge on any atom is -0.345 e. The van der Waals surface area contributed by atoms with Gasteiger partial charge in [0.2, 0.25) is 5.91 Å². The van der Waals surface area contributed by atoms with Crippen LogP contribution >= 0.6 is 0 Å². The van der Waals surface area contributed by atoms with Gasteiger partial charge in [0, 0.05) is 7.05 Å². The van der Waals surface area contributed by atoms with Crippen LogP contribution in [-0.2, 0) is 18.4 Å². The maximum atomic E-state index is 12.4. The zero-order chi connectivity index (χ0) is 18.3. The molecule has 132 valence electrons. The molecule has 2 N–H and O–H groups in total. The maximum absolute atomic E-state index is 12.4. The highest BCUT2D eigenvalue weighted by atomic mass is 16.2. The summed E-state index contributed by atoms with van der Waals surface area (Å²) in [5.41, 5.74) is 1.94. The van der Waals surface area contributed by atoms with Gasteiger partial charge < -0.3 is 10.3 Å². The molecule has 0 saturated carbocycles. The Morgan fingerprint density at radius 2 is 2.15 bits per heavy atom. The lowest BCUT2D eigenvalue weighted by atomic mass is 10.3. The van der Waals surface area contributed by atoms with Gasteiger partial charge in [-0.3, -0.25) is 18.8 Å². The van der Waals surface area contributed by atoms with Crippen molar-refractivity contribution in [3.63, 3.8) is 0 Å². The van der Waals surface area contributed by atoms with E-state index in [-0.39, 0.29) is 24.1 Å². The number of carbonyl (C=O) groups is 1. The van der Waals surface area contributed by atoms with Crippen molar-refractivity contribution in [2.75, 3.05) is 0 Å². The van der Waals surface area contributed by atoms with E-state index in [1.807, 2.05) is 31.2 Å². The molecule has 0 fully saturated rings. The van der Waals surface area contributed by atoms with E-state index in [1.54, 1.807) is 7.05 Å². The van der Waals surface area contributed by atoms with Crippen LogP contribution in [-0.4, -0.2) is 35.2 Å². The Labute approximate surface area is 147 Å².